The monoisotopic (exact) mass is 642 g/mol. The summed E-state index contributed by atoms with van der Waals surface area (Å²) >= 11 is 2.85. The highest BCUT2D eigenvalue weighted by atomic mass is 32.2. The Morgan fingerprint density at radius 3 is 2.53 bits per heavy atom. The van der Waals surface area contributed by atoms with E-state index in [4.69, 9.17) is 19.0 Å². The van der Waals surface area contributed by atoms with Crippen LogP contribution < -0.4 is 14.8 Å². The largest absolute Gasteiger partial charge is 0.497 e. The third-order valence-corrected chi connectivity index (χ3v) is 8.89. The molecule has 11 nitrogen and oxygen atoms in total. The zero-order valence-corrected chi connectivity index (χ0v) is 26.2. The van der Waals surface area contributed by atoms with Crippen molar-refractivity contribution in [2.24, 2.45) is 5.10 Å². The van der Waals surface area contributed by atoms with Crippen LogP contribution in [0.2, 0.25) is 0 Å². The van der Waals surface area contributed by atoms with E-state index in [2.05, 4.69) is 15.5 Å². The maximum absolute atomic E-state index is 13.8. The Hall–Kier alpha value is -4.88. The topological polar surface area (TPSA) is 124 Å². The molecule has 5 aromatic rings. The summed E-state index contributed by atoms with van der Waals surface area (Å²) in [7, 11) is 1.63. The molecule has 0 unspecified atom stereocenters. The first kappa shape index (κ1) is 30.2. The van der Waals surface area contributed by atoms with Gasteiger partial charge in [0.15, 0.2) is 16.7 Å². The molecule has 0 radical (unpaired) electrons. The second-order valence-electron chi connectivity index (χ2n) is 9.87. The molecule has 0 saturated carbocycles. The molecule has 0 spiro atoms. The van der Waals surface area contributed by atoms with Crippen LogP contribution >= 0.6 is 23.1 Å². The highest BCUT2D eigenvalue weighted by molar-refractivity contribution is 7.99. The minimum Gasteiger partial charge on any atom is -0.497 e. The summed E-state index contributed by atoms with van der Waals surface area (Å²) in [4.78, 5) is 27.4. The number of furan rings is 1. The fraction of sp³-hybridized carbons (Fsp3) is 0.219. The Bertz CT molecular complexity index is 1770. The van der Waals surface area contributed by atoms with Crippen molar-refractivity contribution in [2.75, 3.05) is 19.5 Å². The van der Waals surface area contributed by atoms with Gasteiger partial charge in [0, 0.05) is 12.1 Å². The Morgan fingerprint density at radius 1 is 1.04 bits per heavy atom. The summed E-state index contributed by atoms with van der Waals surface area (Å²) in [5.41, 5.74) is 2.60. The van der Waals surface area contributed by atoms with Crippen molar-refractivity contribution >= 4 is 40.6 Å². The zero-order chi connectivity index (χ0) is 31.2. The summed E-state index contributed by atoms with van der Waals surface area (Å²) in [5.74, 6) is 1.69. The lowest BCUT2D eigenvalue weighted by Crippen LogP contribution is -2.28. The third-order valence-electron chi connectivity index (χ3n) is 7.06. The lowest BCUT2D eigenvalue weighted by Gasteiger charge is -2.22. The lowest BCUT2D eigenvalue weighted by molar-refractivity contribution is -0.130. The molecule has 2 amide bonds. The second kappa shape index (κ2) is 13.8. The molecule has 4 heterocycles. The van der Waals surface area contributed by atoms with E-state index in [1.165, 1.54) is 18.0 Å². The number of nitrogens with zero attached hydrogens (tertiary/aromatic N) is 5. The molecule has 1 aliphatic heterocycles. The first-order valence-corrected chi connectivity index (χ1v) is 16.1. The van der Waals surface area contributed by atoms with Gasteiger partial charge in [-0.25, -0.2) is 5.01 Å². The van der Waals surface area contributed by atoms with Crippen LogP contribution in [0.4, 0.5) is 0 Å². The number of carbonyl (C=O) groups is 2. The molecule has 1 N–H and O–H groups in total. The van der Waals surface area contributed by atoms with Crippen LogP contribution in [0.3, 0.4) is 0 Å². The van der Waals surface area contributed by atoms with E-state index < -0.39 is 0 Å². The number of nitrogens with one attached hydrogen (secondary N) is 1. The van der Waals surface area contributed by atoms with Gasteiger partial charge in [0.25, 0.3) is 11.8 Å². The van der Waals surface area contributed by atoms with Crippen molar-refractivity contribution in [2.45, 2.75) is 31.1 Å². The quantitative estimate of drug-likeness (QED) is 0.171. The second-order valence-corrected chi connectivity index (χ2v) is 11.8. The first-order valence-electron chi connectivity index (χ1n) is 14.2. The number of thiophene rings is 1. The molecule has 3 aromatic heterocycles. The number of hydrogen-bond donors (Lipinski definition) is 1. The highest BCUT2D eigenvalue weighted by Gasteiger charge is 2.34. The molecular weight excluding hydrogens is 613 g/mol. The van der Waals surface area contributed by atoms with Gasteiger partial charge in [0.2, 0.25) is 0 Å². The highest BCUT2D eigenvalue weighted by Crippen LogP contribution is 2.35. The molecule has 0 fully saturated rings. The summed E-state index contributed by atoms with van der Waals surface area (Å²) in [5, 5.41) is 20.4. The number of ether oxygens (including phenoxy) is 2. The molecule has 13 heteroatoms. The molecule has 230 valence electrons. The van der Waals surface area contributed by atoms with Gasteiger partial charge in [-0.2, -0.15) is 5.10 Å². The van der Waals surface area contributed by atoms with E-state index in [1.54, 1.807) is 35.6 Å². The normalized spacial score (nSPS) is 14.3. The fourth-order valence-electron chi connectivity index (χ4n) is 4.89. The van der Waals surface area contributed by atoms with Crippen molar-refractivity contribution in [1.29, 1.82) is 0 Å². The number of rotatable bonds is 12. The third kappa shape index (κ3) is 6.79. The van der Waals surface area contributed by atoms with Gasteiger partial charge in [-0.3, -0.25) is 14.2 Å². The van der Waals surface area contributed by atoms with Crippen molar-refractivity contribution in [3.05, 3.63) is 106 Å². The van der Waals surface area contributed by atoms with E-state index in [9.17, 15) is 9.59 Å². The van der Waals surface area contributed by atoms with Gasteiger partial charge in [-0.05, 0) is 72.5 Å². The minimum absolute atomic E-state index is 0.0712. The van der Waals surface area contributed by atoms with Crippen LogP contribution in [0.25, 0.3) is 5.69 Å². The number of benzene rings is 2. The van der Waals surface area contributed by atoms with E-state index >= 15 is 0 Å². The summed E-state index contributed by atoms with van der Waals surface area (Å²) < 4.78 is 18.0. The average Bonchev–Trinajstić information content (AvgIpc) is 3.90. The predicted octanol–water partition coefficient (Wildman–Crippen LogP) is 5.73. The first-order chi connectivity index (χ1) is 22.0. The smallest absolute Gasteiger partial charge is 0.287 e. The van der Waals surface area contributed by atoms with Crippen LogP contribution in [0.15, 0.2) is 99.1 Å². The maximum atomic E-state index is 13.8. The lowest BCUT2D eigenvalue weighted by atomic mass is 10.0. The molecule has 1 aliphatic rings. The van der Waals surface area contributed by atoms with Gasteiger partial charge < -0.3 is 19.2 Å². The van der Waals surface area contributed by atoms with Gasteiger partial charge in [-0.1, -0.05) is 30.0 Å². The molecule has 0 bridgehead atoms. The van der Waals surface area contributed by atoms with Gasteiger partial charge >= 0.3 is 0 Å². The number of hydrogen-bond acceptors (Lipinski definition) is 10. The average molecular weight is 643 g/mol. The number of carbonyl (C=O) groups excluding carboxylic acids is 2. The SMILES string of the molecule is CCOc1ccc(-n2c(CNC(=O)c3ccco3)nnc2SCC(=O)N2N=C(c3cccs3)C[C@@H]2c2ccc(OC)cc2)cc1. The molecule has 6 rings (SSSR count). The van der Waals surface area contributed by atoms with Crippen molar-refractivity contribution < 1.29 is 23.5 Å². The number of amides is 2. The van der Waals surface area contributed by atoms with E-state index in [0.29, 0.717) is 24.0 Å². The molecule has 0 aliphatic carbocycles. The molecule has 1 atom stereocenters. The van der Waals surface area contributed by atoms with Crippen LogP contribution in [0.1, 0.15) is 46.2 Å². The van der Waals surface area contributed by atoms with E-state index in [-0.39, 0.29) is 35.9 Å². The van der Waals surface area contributed by atoms with Crippen LogP contribution in [-0.4, -0.2) is 56.8 Å². The molecule has 0 saturated heterocycles. The molecule has 2 aromatic carbocycles. The Morgan fingerprint density at radius 2 is 1.84 bits per heavy atom. The van der Waals surface area contributed by atoms with Crippen LogP contribution in [0.5, 0.6) is 11.5 Å². The number of hydrazone groups is 1. The Labute approximate surface area is 267 Å². The Balaban J connectivity index is 1.24. The van der Waals surface area contributed by atoms with E-state index in [0.717, 1.165) is 33.3 Å². The van der Waals surface area contributed by atoms with Gasteiger partial charge in [0.1, 0.15) is 11.5 Å². The van der Waals surface area contributed by atoms with Crippen molar-refractivity contribution in [3.63, 3.8) is 0 Å². The van der Waals surface area contributed by atoms with Crippen molar-refractivity contribution in [3.8, 4) is 17.2 Å². The summed E-state index contributed by atoms with van der Waals surface area (Å²) in [6.45, 7) is 2.56. The minimum atomic E-state index is -0.372. The number of aromatic nitrogens is 3. The zero-order valence-electron chi connectivity index (χ0n) is 24.6. The summed E-state index contributed by atoms with van der Waals surface area (Å²) in [6, 6.07) is 22.2. The van der Waals surface area contributed by atoms with Crippen LogP contribution in [0, 0.1) is 0 Å². The standard InChI is InChI=1S/C32H30N6O5S2/c1-3-42-24-14-10-22(11-15-24)37-29(19-33-31(40)27-6-4-16-43-27)34-35-32(37)45-20-30(39)38-26(21-8-12-23(41-2)13-9-21)18-25(36-38)28-7-5-17-44-28/h4-17,26H,3,18-20H2,1-2H3,(H,33,40)/t26-/m1/s1. The predicted molar refractivity (Wildman–Crippen MR) is 171 cm³/mol. The number of methoxy groups -OCH3 is 1. The van der Waals surface area contributed by atoms with Crippen LogP contribution in [-0.2, 0) is 11.3 Å². The number of thioether (sulfide) groups is 1. The maximum Gasteiger partial charge on any atom is 0.287 e. The van der Waals surface area contributed by atoms with Crippen molar-refractivity contribution in [1.82, 2.24) is 25.1 Å². The van der Waals surface area contributed by atoms with Gasteiger partial charge in [0.05, 0.1) is 48.9 Å². The van der Waals surface area contributed by atoms with E-state index in [1.807, 2.05) is 77.5 Å². The molecule has 45 heavy (non-hydrogen) atoms. The van der Waals surface area contributed by atoms with Gasteiger partial charge in [-0.15, -0.1) is 21.5 Å². The summed E-state index contributed by atoms with van der Waals surface area (Å²) in [6.07, 6.45) is 2.04. The fourth-order valence-corrected chi connectivity index (χ4v) is 6.43. The molecular formula is C32H30N6O5S2. The Kier molecular flexibility index (Phi) is 9.27.